The van der Waals surface area contributed by atoms with Gasteiger partial charge in [-0.05, 0) is 18.9 Å². The second-order valence-electron chi connectivity index (χ2n) is 5.50. The quantitative estimate of drug-likeness (QED) is 0.909. The molecule has 2 fully saturated rings. The van der Waals surface area contributed by atoms with Crippen molar-refractivity contribution in [1.82, 2.24) is 5.32 Å². The van der Waals surface area contributed by atoms with Gasteiger partial charge in [-0.25, -0.2) is 4.39 Å². The van der Waals surface area contributed by atoms with Crippen molar-refractivity contribution in [2.24, 2.45) is 0 Å². The normalized spacial score (nSPS) is 30.9. The number of nitrogens with one attached hydrogen (secondary N) is 1. The first-order chi connectivity index (χ1) is 9.27. The van der Waals surface area contributed by atoms with Gasteiger partial charge >= 0.3 is 0 Å². The first kappa shape index (κ1) is 13.0. The Hall–Kier alpha value is -0.970. The van der Waals surface area contributed by atoms with E-state index in [0.717, 1.165) is 38.0 Å². The molecule has 0 radical (unpaired) electrons. The summed E-state index contributed by atoms with van der Waals surface area (Å²) < 4.78 is 24.9. The van der Waals surface area contributed by atoms with Gasteiger partial charge in [-0.15, -0.1) is 0 Å². The van der Waals surface area contributed by atoms with E-state index in [1.807, 2.05) is 12.1 Å². The van der Waals surface area contributed by atoms with Crippen LogP contribution in [0.4, 0.5) is 4.39 Å². The van der Waals surface area contributed by atoms with E-state index in [9.17, 15) is 4.39 Å². The molecule has 1 aromatic rings. The van der Waals surface area contributed by atoms with E-state index in [1.165, 1.54) is 6.07 Å². The number of rotatable bonds is 3. The van der Waals surface area contributed by atoms with Gasteiger partial charge < -0.3 is 14.8 Å². The third-order valence-electron chi connectivity index (χ3n) is 4.10. The van der Waals surface area contributed by atoms with E-state index in [-0.39, 0.29) is 11.4 Å². The van der Waals surface area contributed by atoms with Gasteiger partial charge in [-0.1, -0.05) is 18.2 Å². The van der Waals surface area contributed by atoms with E-state index in [2.05, 4.69) is 5.32 Å². The summed E-state index contributed by atoms with van der Waals surface area (Å²) in [4.78, 5) is 0. The van der Waals surface area contributed by atoms with Crippen LogP contribution >= 0.6 is 0 Å². The van der Waals surface area contributed by atoms with Crippen LogP contribution in [-0.2, 0) is 16.0 Å². The summed E-state index contributed by atoms with van der Waals surface area (Å²) in [5.41, 5.74) is 0.635. The molecule has 2 aliphatic rings. The average Bonchev–Trinajstić information content (AvgIpc) is 2.86. The molecule has 0 amide bonds. The average molecular weight is 265 g/mol. The van der Waals surface area contributed by atoms with Crippen LogP contribution in [0.2, 0.25) is 0 Å². The molecule has 0 bridgehead atoms. The lowest BCUT2D eigenvalue weighted by Crippen LogP contribution is -2.47. The lowest BCUT2D eigenvalue weighted by atomic mass is 9.89. The Bertz CT molecular complexity index is 432. The zero-order chi connectivity index (χ0) is 13.1. The molecule has 2 aliphatic heterocycles. The SMILES string of the molecule is Fc1ccccc1CN[C@H]1CCO[C@]2(CCOC2)C1. The third kappa shape index (κ3) is 2.96. The van der Waals surface area contributed by atoms with Crippen LogP contribution in [0.3, 0.4) is 0 Å². The predicted molar refractivity (Wildman–Crippen MR) is 70.4 cm³/mol. The maximum absolute atomic E-state index is 13.6. The van der Waals surface area contributed by atoms with Gasteiger partial charge in [-0.3, -0.25) is 0 Å². The number of halogens is 1. The summed E-state index contributed by atoms with van der Waals surface area (Å²) in [5, 5.41) is 3.45. The van der Waals surface area contributed by atoms with Crippen molar-refractivity contribution in [3.05, 3.63) is 35.6 Å². The summed E-state index contributed by atoms with van der Waals surface area (Å²) in [7, 11) is 0. The third-order valence-corrected chi connectivity index (χ3v) is 4.10. The Balaban J connectivity index is 1.57. The fourth-order valence-electron chi connectivity index (χ4n) is 2.96. The molecule has 0 aliphatic carbocycles. The van der Waals surface area contributed by atoms with Gasteiger partial charge in [0.2, 0.25) is 0 Å². The van der Waals surface area contributed by atoms with Gasteiger partial charge in [0, 0.05) is 37.8 Å². The molecular weight excluding hydrogens is 245 g/mol. The largest absolute Gasteiger partial charge is 0.378 e. The first-order valence-corrected chi connectivity index (χ1v) is 6.96. The molecule has 19 heavy (non-hydrogen) atoms. The van der Waals surface area contributed by atoms with E-state index < -0.39 is 0 Å². The maximum Gasteiger partial charge on any atom is 0.127 e. The first-order valence-electron chi connectivity index (χ1n) is 6.96. The zero-order valence-electron chi connectivity index (χ0n) is 11.0. The van der Waals surface area contributed by atoms with Gasteiger partial charge in [-0.2, -0.15) is 0 Å². The Morgan fingerprint density at radius 3 is 3.00 bits per heavy atom. The maximum atomic E-state index is 13.6. The monoisotopic (exact) mass is 265 g/mol. The van der Waals surface area contributed by atoms with Gasteiger partial charge in [0.25, 0.3) is 0 Å². The standard InChI is InChI=1S/C15H20FNO2/c16-14-4-2-1-3-12(14)10-17-13-5-7-19-15(9-13)6-8-18-11-15/h1-4,13,17H,5-11H2/t13-,15+/m0/s1. The molecule has 2 heterocycles. The van der Waals surface area contributed by atoms with E-state index in [4.69, 9.17) is 9.47 Å². The van der Waals surface area contributed by atoms with E-state index in [0.29, 0.717) is 19.2 Å². The topological polar surface area (TPSA) is 30.5 Å². The molecule has 1 spiro atoms. The van der Waals surface area contributed by atoms with Crippen molar-refractivity contribution in [3.8, 4) is 0 Å². The Kier molecular flexibility index (Phi) is 3.82. The lowest BCUT2D eigenvalue weighted by molar-refractivity contribution is -0.0894. The summed E-state index contributed by atoms with van der Waals surface area (Å²) in [6, 6.07) is 7.31. The minimum absolute atomic E-state index is 0.0921. The van der Waals surface area contributed by atoms with Crippen LogP contribution in [0.15, 0.2) is 24.3 Å². The van der Waals surface area contributed by atoms with Gasteiger partial charge in [0.05, 0.1) is 12.2 Å². The molecule has 2 atom stereocenters. The lowest BCUT2D eigenvalue weighted by Gasteiger charge is -2.37. The highest BCUT2D eigenvalue weighted by Crippen LogP contribution is 2.32. The van der Waals surface area contributed by atoms with Crippen LogP contribution in [0.5, 0.6) is 0 Å². The number of hydrogen-bond donors (Lipinski definition) is 1. The molecule has 1 N–H and O–H groups in total. The van der Waals surface area contributed by atoms with Crippen LogP contribution in [0.1, 0.15) is 24.8 Å². The fraction of sp³-hybridized carbons (Fsp3) is 0.600. The number of ether oxygens (including phenoxy) is 2. The van der Waals surface area contributed by atoms with Crippen LogP contribution < -0.4 is 5.32 Å². The molecule has 0 unspecified atom stereocenters. The van der Waals surface area contributed by atoms with Crippen molar-refractivity contribution < 1.29 is 13.9 Å². The molecule has 4 heteroatoms. The molecular formula is C15H20FNO2. The minimum Gasteiger partial charge on any atom is -0.378 e. The van der Waals surface area contributed by atoms with Crippen molar-refractivity contribution in [3.63, 3.8) is 0 Å². The molecule has 2 saturated heterocycles. The molecule has 104 valence electrons. The smallest absolute Gasteiger partial charge is 0.127 e. The van der Waals surface area contributed by atoms with Crippen LogP contribution in [-0.4, -0.2) is 31.5 Å². The Morgan fingerprint density at radius 1 is 1.32 bits per heavy atom. The molecule has 0 saturated carbocycles. The zero-order valence-corrected chi connectivity index (χ0v) is 11.0. The molecule has 3 nitrogen and oxygen atoms in total. The summed E-state index contributed by atoms with van der Waals surface area (Å²) in [5.74, 6) is -0.138. The van der Waals surface area contributed by atoms with Crippen LogP contribution in [0, 0.1) is 5.82 Å². The van der Waals surface area contributed by atoms with Crippen molar-refractivity contribution >= 4 is 0 Å². The van der Waals surface area contributed by atoms with Crippen molar-refractivity contribution in [2.45, 2.75) is 37.5 Å². The van der Waals surface area contributed by atoms with Crippen LogP contribution in [0.25, 0.3) is 0 Å². The highest BCUT2D eigenvalue weighted by Gasteiger charge is 2.40. The second-order valence-corrected chi connectivity index (χ2v) is 5.50. The molecule has 3 rings (SSSR count). The van der Waals surface area contributed by atoms with Gasteiger partial charge in [0.15, 0.2) is 0 Å². The number of benzene rings is 1. The van der Waals surface area contributed by atoms with E-state index >= 15 is 0 Å². The second kappa shape index (κ2) is 5.57. The van der Waals surface area contributed by atoms with Gasteiger partial charge in [0.1, 0.15) is 5.82 Å². The fourth-order valence-corrected chi connectivity index (χ4v) is 2.96. The minimum atomic E-state index is -0.138. The molecule has 1 aromatic carbocycles. The summed E-state index contributed by atoms with van der Waals surface area (Å²) >= 11 is 0. The van der Waals surface area contributed by atoms with Crippen molar-refractivity contribution in [1.29, 1.82) is 0 Å². The Morgan fingerprint density at radius 2 is 2.21 bits per heavy atom. The van der Waals surface area contributed by atoms with Crippen molar-refractivity contribution in [2.75, 3.05) is 19.8 Å². The summed E-state index contributed by atoms with van der Waals surface area (Å²) in [6.45, 7) is 2.83. The number of hydrogen-bond acceptors (Lipinski definition) is 3. The highest BCUT2D eigenvalue weighted by atomic mass is 19.1. The summed E-state index contributed by atoms with van der Waals surface area (Å²) in [6.07, 6.45) is 2.92. The highest BCUT2D eigenvalue weighted by molar-refractivity contribution is 5.17. The Labute approximate surface area is 113 Å². The molecule has 0 aromatic heterocycles. The predicted octanol–water partition coefficient (Wildman–Crippen LogP) is 2.25. The van der Waals surface area contributed by atoms with E-state index in [1.54, 1.807) is 6.07 Å².